The minimum absolute atomic E-state index is 0.567. The Bertz CT molecular complexity index is 566. The van der Waals surface area contributed by atoms with Crippen molar-refractivity contribution in [1.29, 1.82) is 0 Å². The molecule has 0 aliphatic heterocycles. The molecule has 1 aliphatic carbocycles. The van der Waals surface area contributed by atoms with Crippen molar-refractivity contribution in [3.05, 3.63) is 64.7 Å². The van der Waals surface area contributed by atoms with E-state index in [1.54, 1.807) is 0 Å². The Kier molecular flexibility index (Phi) is 4.24. The van der Waals surface area contributed by atoms with Crippen molar-refractivity contribution in [3.8, 4) is 5.75 Å². The van der Waals surface area contributed by atoms with Crippen molar-refractivity contribution >= 4 is 11.6 Å². The molecule has 0 saturated heterocycles. The topological polar surface area (TPSA) is 21.3 Å². The van der Waals surface area contributed by atoms with Crippen LogP contribution < -0.4 is 10.1 Å². The van der Waals surface area contributed by atoms with Gasteiger partial charge in [0.25, 0.3) is 0 Å². The molecule has 1 saturated carbocycles. The lowest BCUT2D eigenvalue weighted by Gasteiger charge is -2.12. The Balaban J connectivity index is 1.67. The van der Waals surface area contributed by atoms with Gasteiger partial charge < -0.3 is 10.1 Å². The lowest BCUT2D eigenvalue weighted by Crippen LogP contribution is -2.16. The van der Waals surface area contributed by atoms with Gasteiger partial charge in [-0.3, -0.25) is 0 Å². The van der Waals surface area contributed by atoms with E-state index in [9.17, 15) is 0 Å². The summed E-state index contributed by atoms with van der Waals surface area (Å²) in [5.41, 5.74) is 2.32. The first-order valence-corrected chi connectivity index (χ1v) is 7.37. The molecule has 0 radical (unpaired) electrons. The van der Waals surface area contributed by atoms with E-state index in [0.717, 1.165) is 23.4 Å². The monoisotopic (exact) mass is 287 g/mol. The molecule has 0 heterocycles. The zero-order valence-electron chi connectivity index (χ0n) is 11.3. The molecule has 0 amide bonds. The van der Waals surface area contributed by atoms with Crippen molar-refractivity contribution in [2.24, 2.45) is 0 Å². The summed E-state index contributed by atoms with van der Waals surface area (Å²) in [6, 6.07) is 16.7. The van der Waals surface area contributed by atoms with E-state index < -0.39 is 0 Å². The fourth-order valence-corrected chi connectivity index (χ4v) is 2.25. The van der Waals surface area contributed by atoms with Gasteiger partial charge in [-0.1, -0.05) is 48.0 Å². The minimum Gasteiger partial charge on any atom is -0.489 e. The van der Waals surface area contributed by atoms with Crippen LogP contribution in [-0.4, -0.2) is 6.04 Å². The number of rotatable bonds is 6. The molecule has 2 nitrogen and oxygen atoms in total. The Hall–Kier alpha value is -1.51. The molecule has 20 heavy (non-hydrogen) atoms. The van der Waals surface area contributed by atoms with Gasteiger partial charge in [-0.05, 0) is 30.5 Å². The van der Waals surface area contributed by atoms with Crippen molar-refractivity contribution in [3.63, 3.8) is 0 Å². The van der Waals surface area contributed by atoms with Gasteiger partial charge >= 0.3 is 0 Å². The minimum atomic E-state index is 0.567. The van der Waals surface area contributed by atoms with Crippen molar-refractivity contribution in [2.75, 3.05) is 0 Å². The van der Waals surface area contributed by atoms with Crippen LogP contribution in [0.25, 0.3) is 0 Å². The van der Waals surface area contributed by atoms with Crippen LogP contribution in [0.15, 0.2) is 48.5 Å². The van der Waals surface area contributed by atoms with Gasteiger partial charge in [0, 0.05) is 23.2 Å². The van der Waals surface area contributed by atoms with E-state index in [2.05, 4.69) is 17.4 Å². The van der Waals surface area contributed by atoms with Gasteiger partial charge in [0.15, 0.2) is 0 Å². The SMILES string of the molecule is Clc1ccc(CNC2CC2)c(OCc2ccccc2)c1. The molecule has 0 bridgehead atoms. The average Bonchev–Trinajstić information content (AvgIpc) is 3.29. The van der Waals surface area contributed by atoms with Crippen LogP contribution in [0.4, 0.5) is 0 Å². The highest BCUT2D eigenvalue weighted by Gasteiger charge is 2.20. The van der Waals surface area contributed by atoms with Crippen LogP contribution in [-0.2, 0) is 13.2 Å². The molecule has 1 aliphatic rings. The standard InChI is InChI=1S/C17H18ClNO/c18-15-7-6-14(11-19-16-8-9-16)17(10-15)20-12-13-4-2-1-3-5-13/h1-7,10,16,19H,8-9,11-12H2. The highest BCUT2D eigenvalue weighted by Crippen LogP contribution is 2.26. The molecule has 1 N–H and O–H groups in total. The predicted octanol–water partition coefficient (Wildman–Crippen LogP) is 4.17. The summed E-state index contributed by atoms with van der Waals surface area (Å²) in [5, 5.41) is 4.22. The Morgan fingerprint density at radius 3 is 2.65 bits per heavy atom. The molecule has 1 fully saturated rings. The maximum Gasteiger partial charge on any atom is 0.125 e. The van der Waals surface area contributed by atoms with E-state index in [1.807, 2.05) is 36.4 Å². The summed E-state index contributed by atoms with van der Waals surface area (Å²) in [5.74, 6) is 0.870. The molecule has 3 heteroatoms. The fraction of sp³-hybridized carbons (Fsp3) is 0.294. The number of nitrogens with one attached hydrogen (secondary N) is 1. The first-order chi connectivity index (χ1) is 9.81. The lowest BCUT2D eigenvalue weighted by molar-refractivity contribution is 0.302. The summed E-state index contributed by atoms with van der Waals surface area (Å²) in [6.45, 7) is 1.41. The summed E-state index contributed by atoms with van der Waals surface area (Å²) in [4.78, 5) is 0. The van der Waals surface area contributed by atoms with Crippen molar-refractivity contribution in [2.45, 2.75) is 32.0 Å². The van der Waals surface area contributed by atoms with E-state index in [-0.39, 0.29) is 0 Å². The van der Waals surface area contributed by atoms with Gasteiger partial charge in [-0.2, -0.15) is 0 Å². The summed E-state index contributed by atoms with van der Waals surface area (Å²) in [6.07, 6.45) is 2.57. The van der Waals surface area contributed by atoms with Crippen LogP contribution in [0, 0.1) is 0 Å². The normalized spacial score (nSPS) is 14.2. The molecule has 0 atom stereocenters. The summed E-state index contributed by atoms with van der Waals surface area (Å²) in [7, 11) is 0. The first-order valence-electron chi connectivity index (χ1n) is 7.00. The molecule has 0 spiro atoms. The third-order valence-corrected chi connectivity index (χ3v) is 3.66. The largest absolute Gasteiger partial charge is 0.489 e. The van der Waals surface area contributed by atoms with E-state index in [1.165, 1.54) is 12.8 Å². The maximum absolute atomic E-state index is 6.07. The molecule has 0 aromatic heterocycles. The number of benzene rings is 2. The van der Waals surface area contributed by atoms with Gasteiger partial charge in [-0.25, -0.2) is 0 Å². The Labute approximate surface area is 124 Å². The molecular formula is C17H18ClNO. The van der Waals surface area contributed by atoms with Crippen molar-refractivity contribution < 1.29 is 4.74 Å². The number of hydrogen-bond donors (Lipinski definition) is 1. The third kappa shape index (κ3) is 3.75. The highest BCUT2D eigenvalue weighted by atomic mass is 35.5. The average molecular weight is 288 g/mol. The zero-order chi connectivity index (χ0) is 13.8. The van der Waals surface area contributed by atoms with Crippen LogP contribution >= 0.6 is 11.6 Å². The second kappa shape index (κ2) is 6.29. The maximum atomic E-state index is 6.07. The van der Waals surface area contributed by atoms with E-state index >= 15 is 0 Å². The summed E-state index contributed by atoms with van der Waals surface area (Å²) >= 11 is 6.07. The molecule has 2 aromatic rings. The highest BCUT2D eigenvalue weighted by molar-refractivity contribution is 6.30. The zero-order valence-corrected chi connectivity index (χ0v) is 12.1. The lowest BCUT2D eigenvalue weighted by atomic mass is 10.2. The fourth-order valence-electron chi connectivity index (χ4n) is 2.09. The second-order valence-corrected chi connectivity index (χ2v) is 5.62. The number of hydrogen-bond acceptors (Lipinski definition) is 2. The molecule has 3 rings (SSSR count). The molecule has 0 unspecified atom stereocenters. The van der Waals surface area contributed by atoms with Crippen LogP contribution in [0.5, 0.6) is 5.75 Å². The second-order valence-electron chi connectivity index (χ2n) is 5.18. The van der Waals surface area contributed by atoms with Gasteiger partial charge in [0.1, 0.15) is 12.4 Å². The van der Waals surface area contributed by atoms with Crippen molar-refractivity contribution in [1.82, 2.24) is 5.32 Å². The van der Waals surface area contributed by atoms with E-state index in [4.69, 9.17) is 16.3 Å². The molecular weight excluding hydrogens is 270 g/mol. The molecule has 104 valence electrons. The van der Waals surface area contributed by atoms with E-state index in [0.29, 0.717) is 17.7 Å². The Morgan fingerprint density at radius 1 is 1.10 bits per heavy atom. The summed E-state index contributed by atoms with van der Waals surface area (Å²) < 4.78 is 5.93. The first kappa shape index (κ1) is 13.5. The van der Waals surface area contributed by atoms with Gasteiger partial charge in [0.2, 0.25) is 0 Å². The number of halogens is 1. The predicted molar refractivity (Wildman–Crippen MR) is 82.1 cm³/mol. The molecule has 2 aromatic carbocycles. The third-order valence-electron chi connectivity index (χ3n) is 3.42. The van der Waals surface area contributed by atoms with Crippen LogP contribution in [0.1, 0.15) is 24.0 Å². The quantitative estimate of drug-likeness (QED) is 0.861. The smallest absolute Gasteiger partial charge is 0.125 e. The Morgan fingerprint density at radius 2 is 1.90 bits per heavy atom. The van der Waals surface area contributed by atoms with Crippen LogP contribution in [0.3, 0.4) is 0 Å². The number of ether oxygens (including phenoxy) is 1. The van der Waals surface area contributed by atoms with Crippen LogP contribution in [0.2, 0.25) is 5.02 Å². The van der Waals surface area contributed by atoms with Gasteiger partial charge in [0.05, 0.1) is 0 Å². The van der Waals surface area contributed by atoms with Gasteiger partial charge in [-0.15, -0.1) is 0 Å².